The Morgan fingerprint density at radius 2 is 1.97 bits per heavy atom. The minimum absolute atomic E-state index is 0.331. The Kier molecular flexibility index (Phi) is 6.03. The topological polar surface area (TPSA) is 103 Å². The van der Waals surface area contributed by atoms with E-state index in [0.717, 1.165) is 6.54 Å². The second-order valence-corrected chi connectivity index (χ2v) is 8.43. The van der Waals surface area contributed by atoms with Crippen LogP contribution in [0, 0.1) is 17.1 Å². The van der Waals surface area contributed by atoms with Crippen LogP contribution in [0.4, 0.5) is 4.39 Å². The molecule has 2 atom stereocenters. The van der Waals surface area contributed by atoms with Crippen LogP contribution < -0.4 is 4.72 Å². The van der Waals surface area contributed by atoms with Crippen LogP contribution in [-0.2, 0) is 20.6 Å². The minimum atomic E-state index is -4.57. The molecule has 2 unspecified atom stereocenters. The van der Waals surface area contributed by atoms with Crippen LogP contribution in [0.3, 0.4) is 0 Å². The van der Waals surface area contributed by atoms with Crippen molar-refractivity contribution in [2.75, 3.05) is 20.6 Å². The maximum atomic E-state index is 13.5. The molecule has 2 aromatic carbocycles. The minimum Gasteiger partial charge on any atom is -0.342 e. The number of fused-ring (bicyclic) bond motifs is 1. The lowest BCUT2D eigenvalue weighted by Gasteiger charge is -2.32. The maximum absolute atomic E-state index is 13.5. The van der Waals surface area contributed by atoms with Crippen molar-refractivity contribution < 1.29 is 22.1 Å². The van der Waals surface area contributed by atoms with Crippen molar-refractivity contribution in [3.63, 3.8) is 0 Å². The summed E-state index contributed by atoms with van der Waals surface area (Å²) in [7, 11) is -0.688. The first-order valence-corrected chi connectivity index (χ1v) is 10.5. The highest BCUT2D eigenvalue weighted by atomic mass is 32.2. The molecule has 0 saturated heterocycles. The van der Waals surface area contributed by atoms with Crippen molar-refractivity contribution in [1.82, 2.24) is 9.62 Å². The van der Waals surface area contributed by atoms with Crippen LogP contribution in [0.2, 0.25) is 0 Å². The quantitative estimate of drug-likeness (QED) is 0.669. The van der Waals surface area contributed by atoms with E-state index in [-0.39, 0.29) is 0 Å². The Bertz CT molecular complexity index is 1030. The lowest BCUT2D eigenvalue weighted by Crippen LogP contribution is -2.33. The van der Waals surface area contributed by atoms with Gasteiger partial charge in [-0.3, -0.25) is 4.55 Å². The molecule has 0 aromatic heterocycles. The fourth-order valence-corrected chi connectivity index (χ4v) is 4.14. The Balaban J connectivity index is 2.14. The van der Waals surface area contributed by atoms with Gasteiger partial charge in [0.25, 0.3) is 0 Å². The van der Waals surface area contributed by atoms with Crippen molar-refractivity contribution >= 4 is 10.3 Å². The van der Waals surface area contributed by atoms with Gasteiger partial charge in [-0.1, -0.05) is 18.2 Å². The second kappa shape index (κ2) is 8.18. The molecule has 1 heterocycles. The van der Waals surface area contributed by atoms with E-state index in [1.165, 1.54) is 18.2 Å². The fraction of sp³-hybridized carbons (Fsp3) is 0.350. The number of nitrogens with zero attached hydrogens (tertiary/aromatic N) is 2. The van der Waals surface area contributed by atoms with E-state index in [1.54, 1.807) is 24.3 Å². The Hall–Kier alpha value is -2.35. The van der Waals surface area contributed by atoms with E-state index >= 15 is 0 Å². The zero-order valence-electron chi connectivity index (χ0n) is 16.1. The number of rotatable bonds is 7. The summed E-state index contributed by atoms with van der Waals surface area (Å²) >= 11 is 0. The van der Waals surface area contributed by atoms with E-state index in [1.807, 2.05) is 25.1 Å². The zero-order valence-corrected chi connectivity index (χ0v) is 16.9. The molecule has 1 aliphatic heterocycles. The fourth-order valence-electron chi connectivity index (χ4n) is 3.69. The first-order chi connectivity index (χ1) is 13.6. The maximum Gasteiger partial charge on any atom is 0.335 e. The summed E-state index contributed by atoms with van der Waals surface area (Å²) in [4.78, 5) is 2.01. The van der Waals surface area contributed by atoms with E-state index in [9.17, 15) is 22.6 Å². The second-order valence-electron chi connectivity index (χ2n) is 7.25. The van der Waals surface area contributed by atoms with Gasteiger partial charge in [-0.15, -0.1) is 0 Å². The van der Waals surface area contributed by atoms with E-state index in [0.29, 0.717) is 35.1 Å². The molecule has 1 aliphatic rings. The standard InChI is InChI=1S/C20H22FN3O4S/c1-24(2)11-3-10-20(15-5-7-16(21)8-6-15)18-9-4-14(13-22)12-17(18)19(28-20)23-29(25,26)27/h4-9,12,19,23H,3,10-11H2,1-2H3,(H,25,26,27). The summed E-state index contributed by atoms with van der Waals surface area (Å²) in [5.41, 5.74) is 1.04. The molecule has 0 amide bonds. The number of nitriles is 1. The van der Waals surface area contributed by atoms with Crippen LogP contribution in [-0.4, -0.2) is 38.5 Å². The molecule has 2 aromatic rings. The summed E-state index contributed by atoms with van der Waals surface area (Å²) in [5, 5.41) is 9.24. The summed E-state index contributed by atoms with van der Waals surface area (Å²) < 4.78 is 54.1. The number of hydrogen-bond acceptors (Lipinski definition) is 5. The number of nitrogens with one attached hydrogen (secondary N) is 1. The van der Waals surface area contributed by atoms with Crippen LogP contribution >= 0.6 is 0 Å². The molecule has 29 heavy (non-hydrogen) atoms. The number of benzene rings is 2. The lowest BCUT2D eigenvalue weighted by molar-refractivity contribution is -0.0613. The SMILES string of the molecule is CN(C)CCCC1(c2ccc(F)cc2)OC(NS(=O)(=O)O)c2cc(C#N)ccc21. The van der Waals surface area contributed by atoms with Gasteiger partial charge in [-0.05, 0) is 68.9 Å². The molecule has 154 valence electrons. The molecule has 0 saturated carbocycles. The Morgan fingerprint density at radius 1 is 1.28 bits per heavy atom. The highest BCUT2D eigenvalue weighted by molar-refractivity contribution is 7.83. The molecule has 0 spiro atoms. The number of halogens is 1. The van der Waals surface area contributed by atoms with Crippen molar-refractivity contribution in [2.45, 2.75) is 24.7 Å². The molecule has 0 radical (unpaired) electrons. The normalized spacial score (nSPS) is 21.2. The summed E-state index contributed by atoms with van der Waals surface area (Å²) in [6, 6.07) is 12.7. The number of ether oxygens (including phenoxy) is 1. The van der Waals surface area contributed by atoms with Gasteiger partial charge in [0.2, 0.25) is 0 Å². The first-order valence-electron chi connectivity index (χ1n) is 9.02. The predicted molar refractivity (Wildman–Crippen MR) is 105 cm³/mol. The third kappa shape index (κ3) is 4.63. The van der Waals surface area contributed by atoms with Gasteiger partial charge in [0.15, 0.2) is 6.23 Å². The van der Waals surface area contributed by atoms with Gasteiger partial charge in [-0.2, -0.15) is 18.4 Å². The third-order valence-corrected chi connectivity index (χ3v) is 5.43. The van der Waals surface area contributed by atoms with Gasteiger partial charge in [0, 0.05) is 5.56 Å². The Labute approximate surface area is 169 Å². The smallest absolute Gasteiger partial charge is 0.335 e. The molecule has 9 heteroatoms. The van der Waals surface area contributed by atoms with E-state index < -0.39 is 28.0 Å². The molecule has 2 N–H and O–H groups in total. The van der Waals surface area contributed by atoms with Crippen LogP contribution in [0.5, 0.6) is 0 Å². The molecule has 0 bridgehead atoms. The van der Waals surface area contributed by atoms with Crippen LogP contribution in [0.1, 0.15) is 41.3 Å². The van der Waals surface area contributed by atoms with Gasteiger partial charge in [0.1, 0.15) is 11.4 Å². The van der Waals surface area contributed by atoms with Gasteiger partial charge in [0.05, 0.1) is 11.6 Å². The van der Waals surface area contributed by atoms with E-state index in [2.05, 4.69) is 4.72 Å². The average molecular weight is 419 g/mol. The molecular weight excluding hydrogens is 397 g/mol. The highest BCUT2D eigenvalue weighted by Gasteiger charge is 2.47. The summed E-state index contributed by atoms with van der Waals surface area (Å²) in [6.07, 6.45) is 0.0135. The van der Waals surface area contributed by atoms with Gasteiger partial charge in [-0.25, -0.2) is 4.39 Å². The monoisotopic (exact) mass is 419 g/mol. The molecule has 0 fully saturated rings. The highest BCUT2D eigenvalue weighted by Crippen LogP contribution is 2.49. The lowest BCUT2D eigenvalue weighted by atomic mass is 9.81. The zero-order chi connectivity index (χ0) is 21.2. The summed E-state index contributed by atoms with van der Waals surface area (Å²) in [5.74, 6) is -0.400. The molecule has 3 rings (SSSR count). The Morgan fingerprint density at radius 3 is 2.55 bits per heavy atom. The van der Waals surface area contributed by atoms with Crippen molar-refractivity contribution in [1.29, 1.82) is 5.26 Å². The molecular formula is C20H22FN3O4S. The summed E-state index contributed by atoms with van der Waals surface area (Å²) in [6.45, 7) is 0.758. The van der Waals surface area contributed by atoms with Crippen molar-refractivity contribution in [2.24, 2.45) is 0 Å². The van der Waals surface area contributed by atoms with E-state index in [4.69, 9.17) is 4.74 Å². The van der Waals surface area contributed by atoms with Crippen molar-refractivity contribution in [3.8, 4) is 6.07 Å². The number of hydrogen-bond donors (Lipinski definition) is 2. The van der Waals surface area contributed by atoms with Crippen LogP contribution in [0.15, 0.2) is 42.5 Å². The third-order valence-electron chi connectivity index (χ3n) is 4.92. The first kappa shape index (κ1) is 21.4. The van der Waals surface area contributed by atoms with Gasteiger partial charge < -0.3 is 9.64 Å². The average Bonchev–Trinajstić information content (AvgIpc) is 2.94. The largest absolute Gasteiger partial charge is 0.342 e. The molecule has 0 aliphatic carbocycles. The predicted octanol–water partition coefficient (Wildman–Crippen LogP) is 2.70. The molecule has 7 nitrogen and oxygen atoms in total. The van der Waals surface area contributed by atoms with Gasteiger partial charge >= 0.3 is 10.3 Å². The van der Waals surface area contributed by atoms with Crippen LogP contribution in [0.25, 0.3) is 0 Å². The van der Waals surface area contributed by atoms with Crippen molar-refractivity contribution in [3.05, 3.63) is 70.5 Å².